The highest BCUT2D eigenvalue weighted by atomic mass is 19.1. The number of nitrogens with zero attached hydrogens (tertiary/aromatic N) is 1. The van der Waals surface area contributed by atoms with E-state index < -0.39 is 5.82 Å². The molecule has 1 aromatic carbocycles. The molecule has 1 saturated carbocycles. The Labute approximate surface area is 120 Å². The normalized spacial score (nSPS) is 16.1. The van der Waals surface area contributed by atoms with Crippen LogP contribution in [-0.4, -0.2) is 24.4 Å². The number of carbonyl (C=O) groups is 1. The smallest absolute Gasteiger partial charge is 0.253 e. The molecule has 0 unspecified atom stereocenters. The number of benzene rings is 1. The van der Waals surface area contributed by atoms with Crippen LogP contribution in [0.4, 0.5) is 10.1 Å². The van der Waals surface area contributed by atoms with Crippen LogP contribution in [0, 0.1) is 18.7 Å². The first-order chi connectivity index (χ1) is 9.49. The standard InChI is InChI=1S/C16H23FN2O/c1-11-14(17)8-13(9-15(11)18)16(20)19(2)10-12-6-4-3-5-7-12/h8-9,12H,3-7,10,18H2,1-2H3. The molecule has 20 heavy (non-hydrogen) atoms. The Morgan fingerprint density at radius 2 is 2.00 bits per heavy atom. The van der Waals surface area contributed by atoms with Crippen LogP contribution in [0.1, 0.15) is 48.0 Å². The molecular formula is C16H23FN2O. The Bertz CT molecular complexity index is 472. The minimum atomic E-state index is -0.417. The largest absolute Gasteiger partial charge is 0.398 e. The van der Waals surface area contributed by atoms with Crippen molar-refractivity contribution in [1.82, 2.24) is 4.90 Å². The van der Waals surface area contributed by atoms with Crippen LogP contribution in [-0.2, 0) is 0 Å². The molecule has 1 aromatic rings. The minimum absolute atomic E-state index is 0.152. The molecule has 2 rings (SSSR count). The van der Waals surface area contributed by atoms with Crippen LogP contribution in [0.3, 0.4) is 0 Å². The zero-order valence-electron chi connectivity index (χ0n) is 12.3. The first kappa shape index (κ1) is 14.8. The highest BCUT2D eigenvalue weighted by Crippen LogP contribution is 2.25. The number of nitrogens with two attached hydrogens (primary N) is 1. The molecular weight excluding hydrogens is 255 g/mol. The van der Waals surface area contributed by atoms with Crippen molar-refractivity contribution in [3.63, 3.8) is 0 Å². The van der Waals surface area contributed by atoms with Crippen LogP contribution in [0.15, 0.2) is 12.1 Å². The number of carbonyl (C=O) groups excluding carboxylic acids is 1. The van der Waals surface area contributed by atoms with Gasteiger partial charge in [-0.3, -0.25) is 4.79 Å². The lowest BCUT2D eigenvalue weighted by Crippen LogP contribution is -2.32. The van der Waals surface area contributed by atoms with E-state index in [4.69, 9.17) is 5.73 Å². The molecule has 0 atom stereocenters. The van der Waals surface area contributed by atoms with E-state index in [1.54, 1.807) is 24.9 Å². The first-order valence-electron chi connectivity index (χ1n) is 7.30. The van der Waals surface area contributed by atoms with Crippen molar-refractivity contribution in [2.45, 2.75) is 39.0 Å². The summed E-state index contributed by atoms with van der Waals surface area (Å²) in [5, 5.41) is 0. The summed E-state index contributed by atoms with van der Waals surface area (Å²) in [5.41, 5.74) is 6.80. The average Bonchev–Trinajstić information content (AvgIpc) is 2.44. The number of halogens is 1. The lowest BCUT2D eigenvalue weighted by Gasteiger charge is -2.27. The minimum Gasteiger partial charge on any atom is -0.398 e. The van der Waals surface area contributed by atoms with Crippen LogP contribution >= 0.6 is 0 Å². The quantitative estimate of drug-likeness (QED) is 0.862. The molecule has 0 spiro atoms. The predicted molar refractivity (Wildman–Crippen MR) is 79.1 cm³/mol. The lowest BCUT2D eigenvalue weighted by molar-refractivity contribution is 0.0760. The van der Waals surface area contributed by atoms with E-state index in [0.29, 0.717) is 22.7 Å². The number of hydrogen-bond donors (Lipinski definition) is 1. The van der Waals surface area contributed by atoms with E-state index >= 15 is 0 Å². The van der Waals surface area contributed by atoms with Gasteiger partial charge in [0.25, 0.3) is 5.91 Å². The van der Waals surface area contributed by atoms with Crippen molar-refractivity contribution in [2.24, 2.45) is 5.92 Å². The van der Waals surface area contributed by atoms with Crippen molar-refractivity contribution >= 4 is 11.6 Å². The fraction of sp³-hybridized carbons (Fsp3) is 0.562. The molecule has 0 heterocycles. The van der Waals surface area contributed by atoms with E-state index in [-0.39, 0.29) is 5.91 Å². The van der Waals surface area contributed by atoms with Gasteiger partial charge in [0.05, 0.1) is 0 Å². The molecule has 0 aromatic heterocycles. The van der Waals surface area contributed by atoms with Crippen LogP contribution in [0.2, 0.25) is 0 Å². The summed E-state index contributed by atoms with van der Waals surface area (Å²) in [7, 11) is 1.78. The summed E-state index contributed by atoms with van der Waals surface area (Å²) in [6, 6.07) is 2.85. The molecule has 1 fully saturated rings. The second kappa shape index (κ2) is 6.25. The summed E-state index contributed by atoms with van der Waals surface area (Å²) in [6.07, 6.45) is 6.16. The molecule has 110 valence electrons. The maximum absolute atomic E-state index is 13.7. The number of anilines is 1. The first-order valence-corrected chi connectivity index (χ1v) is 7.30. The Morgan fingerprint density at radius 3 is 2.60 bits per heavy atom. The highest BCUT2D eigenvalue weighted by molar-refractivity contribution is 5.95. The van der Waals surface area contributed by atoms with Gasteiger partial charge in [-0.05, 0) is 37.8 Å². The molecule has 1 aliphatic carbocycles. The summed E-state index contributed by atoms with van der Waals surface area (Å²) in [5.74, 6) is 0.00549. The SMILES string of the molecule is Cc1c(N)cc(C(=O)N(C)CC2CCCCC2)cc1F. The van der Waals surface area contributed by atoms with Gasteiger partial charge in [-0.1, -0.05) is 19.3 Å². The van der Waals surface area contributed by atoms with Gasteiger partial charge in [-0.15, -0.1) is 0 Å². The molecule has 3 nitrogen and oxygen atoms in total. The number of nitrogen functional groups attached to an aromatic ring is 1. The fourth-order valence-electron chi connectivity index (χ4n) is 2.88. The van der Waals surface area contributed by atoms with Gasteiger partial charge in [-0.25, -0.2) is 4.39 Å². The average molecular weight is 278 g/mol. The maximum Gasteiger partial charge on any atom is 0.253 e. The number of rotatable bonds is 3. The third-order valence-electron chi connectivity index (χ3n) is 4.23. The Morgan fingerprint density at radius 1 is 1.35 bits per heavy atom. The fourth-order valence-corrected chi connectivity index (χ4v) is 2.88. The Kier molecular flexibility index (Phi) is 4.63. The molecule has 0 bridgehead atoms. The van der Waals surface area contributed by atoms with E-state index in [2.05, 4.69) is 0 Å². The van der Waals surface area contributed by atoms with Crippen molar-refractivity contribution < 1.29 is 9.18 Å². The molecule has 0 aliphatic heterocycles. The molecule has 2 N–H and O–H groups in total. The summed E-state index contributed by atoms with van der Waals surface area (Å²) in [6.45, 7) is 2.36. The molecule has 1 aliphatic rings. The monoisotopic (exact) mass is 278 g/mol. The van der Waals surface area contributed by atoms with Crippen LogP contribution in [0.5, 0.6) is 0 Å². The molecule has 1 amide bonds. The zero-order chi connectivity index (χ0) is 14.7. The lowest BCUT2D eigenvalue weighted by atomic mass is 9.89. The summed E-state index contributed by atoms with van der Waals surface area (Å²) >= 11 is 0. The van der Waals surface area contributed by atoms with Gasteiger partial charge < -0.3 is 10.6 Å². The van der Waals surface area contributed by atoms with Crippen LogP contribution < -0.4 is 5.73 Å². The van der Waals surface area contributed by atoms with Gasteiger partial charge >= 0.3 is 0 Å². The van der Waals surface area contributed by atoms with Crippen LogP contribution in [0.25, 0.3) is 0 Å². The van der Waals surface area contributed by atoms with Crippen molar-refractivity contribution in [1.29, 1.82) is 0 Å². The molecule has 0 radical (unpaired) electrons. The zero-order valence-corrected chi connectivity index (χ0v) is 12.3. The molecule has 0 saturated heterocycles. The second-order valence-electron chi connectivity index (χ2n) is 5.86. The number of amides is 1. The van der Waals surface area contributed by atoms with Gasteiger partial charge in [0.1, 0.15) is 5.82 Å². The van der Waals surface area contributed by atoms with E-state index in [9.17, 15) is 9.18 Å². The topological polar surface area (TPSA) is 46.3 Å². The Balaban J connectivity index is 2.06. The third-order valence-corrected chi connectivity index (χ3v) is 4.23. The van der Waals surface area contributed by atoms with Gasteiger partial charge in [0.15, 0.2) is 0 Å². The molecule has 4 heteroatoms. The predicted octanol–water partition coefficient (Wildman–Crippen LogP) is 3.37. The summed E-state index contributed by atoms with van der Waals surface area (Å²) < 4.78 is 13.7. The van der Waals surface area contributed by atoms with Crippen molar-refractivity contribution in [2.75, 3.05) is 19.3 Å². The number of hydrogen-bond acceptors (Lipinski definition) is 2. The maximum atomic E-state index is 13.7. The third kappa shape index (κ3) is 3.30. The highest BCUT2D eigenvalue weighted by Gasteiger charge is 2.20. The van der Waals surface area contributed by atoms with E-state index in [0.717, 1.165) is 6.54 Å². The van der Waals surface area contributed by atoms with Gasteiger partial charge in [0.2, 0.25) is 0 Å². The van der Waals surface area contributed by atoms with Crippen molar-refractivity contribution in [3.05, 3.63) is 29.1 Å². The van der Waals surface area contributed by atoms with Gasteiger partial charge in [-0.2, -0.15) is 0 Å². The summed E-state index contributed by atoms with van der Waals surface area (Å²) in [4.78, 5) is 14.0. The Hall–Kier alpha value is -1.58. The van der Waals surface area contributed by atoms with E-state index in [1.807, 2.05) is 0 Å². The van der Waals surface area contributed by atoms with Crippen molar-refractivity contribution in [3.8, 4) is 0 Å². The second-order valence-corrected chi connectivity index (χ2v) is 5.86. The van der Waals surface area contributed by atoms with E-state index in [1.165, 1.54) is 38.2 Å². The van der Waals surface area contributed by atoms with Gasteiger partial charge in [0, 0.05) is 30.4 Å².